The highest BCUT2D eigenvalue weighted by atomic mass is 16.3. The number of carbonyl (C=O) groups is 2. The second kappa shape index (κ2) is 7.00. The van der Waals surface area contributed by atoms with Gasteiger partial charge in [-0.15, -0.1) is 0 Å². The molecule has 126 valence electrons. The Balaban J connectivity index is 1.80. The molecule has 0 aliphatic heterocycles. The lowest BCUT2D eigenvalue weighted by Gasteiger charge is -2.11. The number of furan rings is 1. The molecule has 1 N–H and O–H groups in total. The van der Waals surface area contributed by atoms with Gasteiger partial charge in [0.05, 0.1) is 12.5 Å². The normalized spacial score (nSPS) is 10.3. The number of benzene rings is 1. The fraction of sp³-hybridized carbons (Fsp3) is 0.105. The molecule has 0 saturated carbocycles. The van der Waals surface area contributed by atoms with E-state index >= 15 is 0 Å². The van der Waals surface area contributed by atoms with Gasteiger partial charge < -0.3 is 14.6 Å². The predicted octanol–water partition coefficient (Wildman–Crippen LogP) is 3.30. The van der Waals surface area contributed by atoms with Crippen molar-refractivity contribution in [2.24, 2.45) is 0 Å². The molecule has 25 heavy (non-hydrogen) atoms. The monoisotopic (exact) mass is 335 g/mol. The van der Waals surface area contributed by atoms with Crippen LogP contribution in [0.3, 0.4) is 0 Å². The Kier molecular flexibility index (Phi) is 4.61. The third-order valence-corrected chi connectivity index (χ3v) is 3.60. The van der Waals surface area contributed by atoms with E-state index in [0.29, 0.717) is 11.4 Å². The molecule has 0 unspecified atom stereocenters. The van der Waals surface area contributed by atoms with Crippen LogP contribution in [0.1, 0.15) is 20.8 Å². The van der Waals surface area contributed by atoms with Gasteiger partial charge >= 0.3 is 0 Å². The lowest BCUT2D eigenvalue weighted by molar-refractivity contribution is 0.0821. The third-order valence-electron chi connectivity index (χ3n) is 3.60. The van der Waals surface area contributed by atoms with Crippen molar-refractivity contribution in [2.75, 3.05) is 19.4 Å². The van der Waals surface area contributed by atoms with Crippen molar-refractivity contribution in [3.8, 4) is 11.1 Å². The molecule has 0 fully saturated rings. The molecule has 3 rings (SSSR count). The zero-order valence-corrected chi connectivity index (χ0v) is 13.9. The Morgan fingerprint density at radius 3 is 2.56 bits per heavy atom. The van der Waals surface area contributed by atoms with Crippen molar-refractivity contribution < 1.29 is 14.0 Å². The van der Waals surface area contributed by atoms with Gasteiger partial charge in [0.1, 0.15) is 11.5 Å². The van der Waals surface area contributed by atoms with Crippen molar-refractivity contribution in [3.63, 3.8) is 0 Å². The number of aromatic nitrogens is 1. The Bertz CT molecular complexity index is 902. The van der Waals surface area contributed by atoms with Gasteiger partial charge in [0.2, 0.25) is 0 Å². The summed E-state index contributed by atoms with van der Waals surface area (Å²) in [6, 6.07) is 14.0. The first-order valence-electron chi connectivity index (χ1n) is 7.67. The molecule has 0 radical (unpaired) electrons. The molecule has 0 spiro atoms. The zero-order valence-electron chi connectivity index (χ0n) is 13.9. The number of nitrogens with zero attached hydrogens (tertiary/aromatic N) is 2. The Morgan fingerprint density at radius 2 is 1.84 bits per heavy atom. The maximum absolute atomic E-state index is 12.5. The summed E-state index contributed by atoms with van der Waals surface area (Å²) in [4.78, 5) is 30.1. The third kappa shape index (κ3) is 3.74. The fourth-order valence-electron chi connectivity index (χ4n) is 2.31. The van der Waals surface area contributed by atoms with Crippen LogP contribution in [0.5, 0.6) is 0 Å². The van der Waals surface area contributed by atoms with Gasteiger partial charge in [0.25, 0.3) is 11.8 Å². The SMILES string of the molecule is CN(C)C(=O)c1cccc(NC(=O)c2cccc(-c3ccoc3)c2)n1. The number of rotatable bonds is 4. The Hall–Kier alpha value is -3.41. The van der Waals surface area contributed by atoms with Crippen LogP contribution < -0.4 is 5.32 Å². The molecule has 0 bridgehead atoms. The molecule has 2 heterocycles. The molecule has 0 aliphatic rings. The van der Waals surface area contributed by atoms with Gasteiger partial charge in [-0.1, -0.05) is 18.2 Å². The van der Waals surface area contributed by atoms with Crippen LogP contribution in [-0.4, -0.2) is 35.8 Å². The molecule has 2 amide bonds. The van der Waals surface area contributed by atoms with Crippen LogP contribution in [-0.2, 0) is 0 Å². The van der Waals surface area contributed by atoms with Crippen molar-refractivity contribution in [2.45, 2.75) is 0 Å². The first-order valence-corrected chi connectivity index (χ1v) is 7.67. The number of anilines is 1. The van der Waals surface area contributed by atoms with E-state index in [1.807, 2.05) is 12.1 Å². The predicted molar refractivity (Wildman–Crippen MR) is 94.4 cm³/mol. The van der Waals surface area contributed by atoms with E-state index in [1.54, 1.807) is 63.0 Å². The maximum atomic E-state index is 12.5. The number of carbonyl (C=O) groups excluding carboxylic acids is 2. The summed E-state index contributed by atoms with van der Waals surface area (Å²) in [5.41, 5.74) is 2.54. The molecule has 6 nitrogen and oxygen atoms in total. The molecular weight excluding hydrogens is 318 g/mol. The molecular formula is C19H17N3O3. The van der Waals surface area contributed by atoms with E-state index in [1.165, 1.54) is 4.90 Å². The highest BCUT2D eigenvalue weighted by Gasteiger charge is 2.12. The van der Waals surface area contributed by atoms with Crippen LogP contribution in [0.4, 0.5) is 5.82 Å². The number of hydrogen-bond acceptors (Lipinski definition) is 4. The first-order chi connectivity index (χ1) is 12.0. The van der Waals surface area contributed by atoms with Crippen molar-refractivity contribution in [1.29, 1.82) is 0 Å². The smallest absolute Gasteiger partial charge is 0.272 e. The number of hydrogen-bond donors (Lipinski definition) is 1. The van der Waals surface area contributed by atoms with Gasteiger partial charge in [0, 0.05) is 25.2 Å². The highest BCUT2D eigenvalue weighted by molar-refractivity contribution is 6.04. The molecule has 0 saturated heterocycles. The lowest BCUT2D eigenvalue weighted by atomic mass is 10.1. The van der Waals surface area contributed by atoms with Crippen LogP contribution in [0, 0.1) is 0 Å². The lowest BCUT2D eigenvalue weighted by Crippen LogP contribution is -2.23. The topological polar surface area (TPSA) is 75.4 Å². The van der Waals surface area contributed by atoms with Gasteiger partial charge in [-0.2, -0.15) is 0 Å². The standard InChI is InChI=1S/C19H17N3O3/c1-22(2)19(24)16-7-4-8-17(20-16)21-18(23)14-6-3-5-13(11-14)15-9-10-25-12-15/h3-12H,1-2H3,(H,20,21,23). The molecule has 0 aliphatic carbocycles. The van der Waals surface area contributed by atoms with Crippen molar-refractivity contribution >= 4 is 17.6 Å². The Morgan fingerprint density at radius 1 is 1.04 bits per heavy atom. The molecule has 6 heteroatoms. The molecule has 2 aromatic heterocycles. The van der Waals surface area contributed by atoms with Crippen LogP contribution >= 0.6 is 0 Å². The minimum absolute atomic E-state index is 0.224. The minimum Gasteiger partial charge on any atom is -0.472 e. The average Bonchev–Trinajstić information content (AvgIpc) is 3.16. The first kappa shape index (κ1) is 16.4. The van der Waals surface area contributed by atoms with Crippen molar-refractivity contribution in [1.82, 2.24) is 9.88 Å². The molecule has 0 atom stereocenters. The van der Waals surface area contributed by atoms with Crippen LogP contribution in [0.25, 0.3) is 11.1 Å². The summed E-state index contributed by atoms with van der Waals surface area (Å²) in [6.45, 7) is 0. The number of pyridine rings is 1. The van der Waals surface area contributed by atoms with Crippen LogP contribution in [0.15, 0.2) is 65.5 Å². The summed E-state index contributed by atoms with van der Waals surface area (Å²) in [5.74, 6) is -0.197. The van der Waals surface area contributed by atoms with E-state index in [4.69, 9.17) is 4.42 Å². The maximum Gasteiger partial charge on any atom is 0.272 e. The summed E-state index contributed by atoms with van der Waals surface area (Å²) in [6.07, 6.45) is 3.20. The molecule has 3 aromatic rings. The quantitative estimate of drug-likeness (QED) is 0.794. The van der Waals surface area contributed by atoms with E-state index in [2.05, 4.69) is 10.3 Å². The van der Waals surface area contributed by atoms with Gasteiger partial charge in [-0.3, -0.25) is 9.59 Å². The number of amides is 2. The van der Waals surface area contributed by atoms with Gasteiger partial charge in [-0.05, 0) is 35.9 Å². The summed E-state index contributed by atoms with van der Waals surface area (Å²) < 4.78 is 5.07. The number of nitrogens with one attached hydrogen (secondary N) is 1. The second-order valence-corrected chi connectivity index (χ2v) is 5.65. The largest absolute Gasteiger partial charge is 0.472 e. The summed E-state index contributed by atoms with van der Waals surface area (Å²) >= 11 is 0. The van der Waals surface area contributed by atoms with Gasteiger partial charge in [-0.25, -0.2) is 4.98 Å². The second-order valence-electron chi connectivity index (χ2n) is 5.65. The Labute approximate surface area is 145 Å². The van der Waals surface area contributed by atoms with E-state index in [-0.39, 0.29) is 17.5 Å². The highest BCUT2D eigenvalue weighted by Crippen LogP contribution is 2.21. The van der Waals surface area contributed by atoms with E-state index < -0.39 is 0 Å². The molecule has 1 aromatic carbocycles. The van der Waals surface area contributed by atoms with Crippen molar-refractivity contribution in [3.05, 3.63) is 72.3 Å². The van der Waals surface area contributed by atoms with E-state index in [9.17, 15) is 9.59 Å². The zero-order chi connectivity index (χ0) is 17.8. The van der Waals surface area contributed by atoms with Gasteiger partial charge in [0.15, 0.2) is 0 Å². The van der Waals surface area contributed by atoms with Crippen LogP contribution in [0.2, 0.25) is 0 Å². The minimum atomic E-state index is -0.299. The van der Waals surface area contributed by atoms with E-state index in [0.717, 1.165) is 11.1 Å². The summed E-state index contributed by atoms with van der Waals surface area (Å²) in [7, 11) is 3.30. The average molecular weight is 335 g/mol. The summed E-state index contributed by atoms with van der Waals surface area (Å²) in [5, 5.41) is 2.72. The fourth-order valence-corrected chi connectivity index (χ4v) is 2.31.